The van der Waals surface area contributed by atoms with Crippen molar-refractivity contribution < 1.29 is 9.18 Å². The van der Waals surface area contributed by atoms with Crippen LogP contribution in [-0.2, 0) is 11.2 Å². The minimum absolute atomic E-state index is 0.00662. The zero-order chi connectivity index (χ0) is 14.5. The molecule has 5 heteroatoms. The van der Waals surface area contributed by atoms with Gasteiger partial charge in [0.2, 0.25) is 5.91 Å². The number of amides is 1. The Morgan fingerprint density at radius 1 is 1.55 bits per heavy atom. The largest absolute Gasteiger partial charge is 0.366 e. The molecule has 0 spiro atoms. The molecule has 0 aliphatic carbocycles. The van der Waals surface area contributed by atoms with Crippen molar-refractivity contribution in [3.05, 3.63) is 29.6 Å². The topological polar surface area (TPSA) is 58.4 Å². The Morgan fingerprint density at radius 3 is 3.05 bits per heavy atom. The molecule has 0 saturated carbocycles. The van der Waals surface area contributed by atoms with Crippen LogP contribution in [-0.4, -0.2) is 31.6 Å². The Hall–Kier alpha value is -1.62. The van der Waals surface area contributed by atoms with Crippen molar-refractivity contribution in [3.63, 3.8) is 0 Å². The maximum atomic E-state index is 13.4. The van der Waals surface area contributed by atoms with E-state index in [2.05, 4.69) is 10.2 Å². The highest BCUT2D eigenvalue weighted by Crippen LogP contribution is 2.30. The average Bonchev–Trinajstić information content (AvgIpc) is 2.85. The molecule has 1 aliphatic rings. The molecule has 0 aromatic heterocycles. The zero-order valence-corrected chi connectivity index (χ0v) is 11.9. The minimum Gasteiger partial charge on any atom is -0.366 e. The Morgan fingerprint density at radius 2 is 2.35 bits per heavy atom. The molecule has 20 heavy (non-hydrogen) atoms. The van der Waals surface area contributed by atoms with E-state index in [1.54, 1.807) is 0 Å². The van der Waals surface area contributed by atoms with E-state index < -0.39 is 0 Å². The first-order valence-corrected chi connectivity index (χ1v) is 7.17. The van der Waals surface area contributed by atoms with Crippen LogP contribution in [0.4, 0.5) is 10.1 Å². The van der Waals surface area contributed by atoms with Crippen molar-refractivity contribution >= 4 is 11.6 Å². The van der Waals surface area contributed by atoms with Gasteiger partial charge in [-0.2, -0.15) is 0 Å². The van der Waals surface area contributed by atoms with Gasteiger partial charge in [-0.1, -0.05) is 13.0 Å². The fourth-order valence-corrected chi connectivity index (χ4v) is 2.63. The number of fused-ring (bicyclic) bond motifs is 1. The van der Waals surface area contributed by atoms with Crippen LogP contribution in [0.2, 0.25) is 0 Å². The Bertz CT molecular complexity index is 478. The van der Waals surface area contributed by atoms with Crippen LogP contribution in [0.1, 0.15) is 25.3 Å². The smallest absolute Gasteiger partial charge is 0.222 e. The first-order valence-electron chi connectivity index (χ1n) is 7.17. The molecule has 1 amide bonds. The van der Waals surface area contributed by atoms with Crippen LogP contribution in [0.25, 0.3) is 0 Å². The molecular weight excluding hydrogens is 257 g/mol. The molecule has 1 heterocycles. The van der Waals surface area contributed by atoms with Crippen LogP contribution in [0.15, 0.2) is 18.2 Å². The van der Waals surface area contributed by atoms with E-state index in [0.717, 1.165) is 30.6 Å². The summed E-state index contributed by atoms with van der Waals surface area (Å²) in [7, 11) is 0. The SMILES string of the molecule is CCCNC(=O)CC(CN)N1CCc2ccc(F)cc21. The van der Waals surface area contributed by atoms with E-state index in [9.17, 15) is 9.18 Å². The minimum atomic E-state index is -0.248. The van der Waals surface area contributed by atoms with Crippen LogP contribution in [0, 0.1) is 5.82 Å². The zero-order valence-electron chi connectivity index (χ0n) is 11.9. The van der Waals surface area contributed by atoms with Gasteiger partial charge in [0.15, 0.2) is 0 Å². The molecular formula is C15H22FN3O. The number of hydrogen-bond donors (Lipinski definition) is 2. The van der Waals surface area contributed by atoms with Gasteiger partial charge in [-0.05, 0) is 30.5 Å². The molecule has 4 nitrogen and oxygen atoms in total. The normalized spacial score (nSPS) is 15.1. The second kappa shape index (κ2) is 6.70. The maximum Gasteiger partial charge on any atom is 0.222 e. The third kappa shape index (κ3) is 3.28. The van der Waals surface area contributed by atoms with E-state index in [0.29, 0.717) is 19.5 Å². The van der Waals surface area contributed by atoms with Crippen LogP contribution in [0.3, 0.4) is 0 Å². The van der Waals surface area contributed by atoms with Gasteiger partial charge in [0, 0.05) is 37.8 Å². The molecule has 1 aliphatic heterocycles. The van der Waals surface area contributed by atoms with Crippen molar-refractivity contribution in [1.82, 2.24) is 5.32 Å². The number of carbonyl (C=O) groups excluding carboxylic acids is 1. The van der Waals surface area contributed by atoms with E-state index in [4.69, 9.17) is 5.73 Å². The molecule has 3 N–H and O–H groups in total. The van der Waals surface area contributed by atoms with E-state index >= 15 is 0 Å². The first kappa shape index (κ1) is 14.8. The van der Waals surface area contributed by atoms with E-state index in [1.807, 2.05) is 13.0 Å². The summed E-state index contributed by atoms with van der Waals surface area (Å²) in [6.45, 7) is 3.87. The summed E-state index contributed by atoms with van der Waals surface area (Å²) >= 11 is 0. The number of anilines is 1. The molecule has 0 bridgehead atoms. The van der Waals surface area contributed by atoms with Gasteiger partial charge in [-0.3, -0.25) is 4.79 Å². The summed E-state index contributed by atoms with van der Waals surface area (Å²) in [5.41, 5.74) is 7.81. The van der Waals surface area contributed by atoms with Gasteiger partial charge < -0.3 is 16.0 Å². The molecule has 0 fully saturated rings. The lowest BCUT2D eigenvalue weighted by atomic mass is 10.1. The predicted molar refractivity (Wildman–Crippen MR) is 78.2 cm³/mol. The van der Waals surface area contributed by atoms with Gasteiger partial charge in [0.25, 0.3) is 0 Å². The van der Waals surface area contributed by atoms with Gasteiger partial charge in [-0.25, -0.2) is 4.39 Å². The van der Waals surface area contributed by atoms with Gasteiger partial charge in [-0.15, -0.1) is 0 Å². The number of hydrogen-bond acceptors (Lipinski definition) is 3. The molecule has 1 aromatic rings. The molecule has 110 valence electrons. The number of nitrogens with two attached hydrogens (primary N) is 1. The molecule has 0 radical (unpaired) electrons. The average molecular weight is 279 g/mol. The highest BCUT2D eigenvalue weighted by molar-refractivity contribution is 5.77. The number of benzene rings is 1. The van der Waals surface area contributed by atoms with E-state index in [1.165, 1.54) is 12.1 Å². The first-order chi connectivity index (χ1) is 9.65. The second-order valence-corrected chi connectivity index (χ2v) is 5.16. The second-order valence-electron chi connectivity index (χ2n) is 5.16. The standard InChI is InChI=1S/C15H22FN3O/c1-2-6-18-15(20)9-13(10-17)19-7-5-11-3-4-12(16)8-14(11)19/h3-4,8,13H,2,5-7,9-10,17H2,1H3,(H,18,20). The van der Waals surface area contributed by atoms with Crippen molar-refractivity contribution in [2.75, 3.05) is 24.5 Å². The van der Waals surface area contributed by atoms with Crippen molar-refractivity contribution in [2.24, 2.45) is 5.73 Å². The summed E-state index contributed by atoms with van der Waals surface area (Å²) in [6.07, 6.45) is 2.14. The van der Waals surface area contributed by atoms with Gasteiger partial charge in [0.1, 0.15) is 5.82 Å². The molecule has 1 unspecified atom stereocenters. The fourth-order valence-electron chi connectivity index (χ4n) is 2.63. The van der Waals surface area contributed by atoms with Gasteiger partial charge >= 0.3 is 0 Å². The maximum absolute atomic E-state index is 13.4. The van der Waals surface area contributed by atoms with Crippen LogP contribution in [0.5, 0.6) is 0 Å². The lowest BCUT2D eigenvalue weighted by Gasteiger charge is -2.29. The quantitative estimate of drug-likeness (QED) is 0.828. The predicted octanol–water partition coefficient (Wildman–Crippen LogP) is 1.43. The summed E-state index contributed by atoms with van der Waals surface area (Å²) in [6, 6.07) is 4.76. The third-order valence-electron chi connectivity index (χ3n) is 3.68. The monoisotopic (exact) mass is 279 g/mol. The van der Waals surface area contributed by atoms with Crippen molar-refractivity contribution in [2.45, 2.75) is 32.2 Å². The Kier molecular flexibility index (Phi) is 4.95. The van der Waals surface area contributed by atoms with Gasteiger partial charge in [0.05, 0.1) is 0 Å². The molecule has 1 atom stereocenters. The lowest BCUT2D eigenvalue weighted by molar-refractivity contribution is -0.121. The third-order valence-corrected chi connectivity index (χ3v) is 3.68. The number of nitrogens with one attached hydrogen (secondary N) is 1. The number of carbonyl (C=O) groups is 1. The number of halogens is 1. The molecule has 1 aromatic carbocycles. The summed E-state index contributed by atoms with van der Waals surface area (Å²) in [5, 5.41) is 2.86. The summed E-state index contributed by atoms with van der Waals surface area (Å²) < 4.78 is 13.4. The Labute approximate surface area is 119 Å². The number of nitrogens with zero attached hydrogens (tertiary/aromatic N) is 1. The summed E-state index contributed by atoms with van der Waals surface area (Å²) in [5.74, 6) is -0.242. The summed E-state index contributed by atoms with van der Waals surface area (Å²) in [4.78, 5) is 13.9. The highest BCUT2D eigenvalue weighted by atomic mass is 19.1. The number of rotatable bonds is 6. The van der Waals surface area contributed by atoms with Crippen LogP contribution < -0.4 is 16.0 Å². The fraction of sp³-hybridized carbons (Fsp3) is 0.533. The molecule has 0 saturated heterocycles. The van der Waals surface area contributed by atoms with Crippen molar-refractivity contribution in [3.8, 4) is 0 Å². The lowest BCUT2D eigenvalue weighted by Crippen LogP contribution is -2.43. The Balaban J connectivity index is 2.07. The molecule has 2 rings (SSSR count). The van der Waals surface area contributed by atoms with Crippen molar-refractivity contribution in [1.29, 1.82) is 0 Å². The highest BCUT2D eigenvalue weighted by Gasteiger charge is 2.27. The van der Waals surface area contributed by atoms with E-state index in [-0.39, 0.29) is 17.8 Å². The van der Waals surface area contributed by atoms with Crippen LogP contribution >= 0.6 is 0 Å².